The van der Waals surface area contributed by atoms with E-state index < -0.39 is 10.0 Å². The maximum Gasteiger partial charge on any atom is 0.241 e. The summed E-state index contributed by atoms with van der Waals surface area (Å²) in [5, 5.41) is 0. The van der Waals surface area contributed by atoms with Crippen LogP contribution in [-0.2, 0) is 10.0 Å². The van der Waals surface area contributed by atoms with E-state index in [4.69, 9.17) is 0 Å². The van der Waals surface area contributed by atoms with Crippen LogP contribution in [0.15, 0.2) is 41.3 Å². The minimum absolute atomic E-state index is 0.0354. The first-order valence-corrected chi connectivity index (χ1v) is 10.1. The number of hydrogen-bond donors (Lipinski definition) is 1. The monoisotopic (exact) mass is 359 g/mol. The molecule has 0 aliphatic carbocycles. The maximum atomic E-state index is 12.7. The van der Waals surface area contributed by atoms with Crippen LogP contribution in [0.2, 0.25) is 0 Å². The quantitative estimate of drug-likeness (QED) is 0.912. The van der Waals surface area contributed by atoms with Crippen LogP contribution >= 0.6 is 0 Å². The Labute approximate surface area is 150 Å². The van der Waals surface area contributed by atoms with Gasteiger partial charge in [-0.1, -0.05) is 23.8 Å². The molecule has 0 unspecified atom stereocenters. The molecule has 0 atom stereocenters. The summed E-state index contributed by atoms with van der Waals surface area (Å²) in [7, 11) is -3.48. The van der Waals surface area contributed by atoms with Crippen LogP contribution in [0.25, 0.3) is 0 Å². The number of aromatic nitrogens is 1. The molecule has 5 nitrogen and oxygen atoms in total. The molecule has 0 saturated carbocycles. The number of pyridine rings is 1. The Morgan fingerprint density at radius 2 is 1.80 bits per heavy atom. The molecular formula is C19H25N3O2S. The van der Waals surface area contributed by atoms with Gasteiger partial charge in [-0.25, -0.2) is 18.1 Å². The molecule has 2 heterocycles. The van der Waals surface area contributed by atoms with E-state index in [1.165, 1.54) is 0 Å². The zero-order valence-electron chi connectivity index (χ0n) is 15.0. The van der Waals surface area contributed by atoms with Crippen molar-refractivity contribution in [2.24, 2.45) is 0 Å². The highest BCUT2D eigenvalue weighted by Crippen LogP contribution is 2.21. The zero-order valence-corrected chi connectivity index (χ0v) is 15.8. The van der Waals surface area contributed by atoms with Crippen LogP contribution in [0, 0.1) is 20.8 Å². The highest BCUT2D eigenvalue weighted by Gasteiger charge is 2.26. The Balaban J connectivity index is 1.65. The number of nitrogens with one attached hydrogen (secondary N) is 1. The number of aryl methyl sites for hydroxylation is 3. The van der Waals surface area contributed by atoms with Crippen molar-refractivity contribution in [1.82, 2.24) is 9.71 Å². The Morgan fingerprint density at radius 1 is 1.08 bits per heavy atom. The van der Waals surface area contributed by atoms with Gasteiger partial charge < -0.3 is 4.90 Å². The molecule has 1 aliphatic rings. The second-order valence-electron chi connectivity index (χ2n) is 6.79. The lowest BCUT2D eigenvalue weighted by molar-refractivity contribution is 0.458. The van der Waals surface area contributed by atoms with E-state index in [0.29, 0.717) is 4.90 Å². The molecule has 2 aromatic rings. The van der Waals surface area contributed by atoms with Crippen molar-refractivity contribution >= 4 is 15.8 Å². The first kappa shape index (κ1) is 17.9. The van der Waals surface area contributed by atoms with Crippen LogP contribution in [0.5, 0.6) is 0 Å². The second kappa shape index (κ2) is 7.14. The van der Waals surface area contributed by atoms with E-state index in [1.807, 2.05) is 51.1 Å². The maximum absolute atomic E-state index is 12.7. The van der Waals surface area contributed by atoms with E-state index in [2.05, 4.69) is 14.6 Å². The van der Waals surface area contributed by atoms with Gasteiger partial charge >= 0.3 is 0 Å². The van der Waals surface area contributed by atoms with Gasteiger partial charge in [0, 0.05) is 24.8 Å². The van der Waals surface area contributed by atoms with Crippen molar-refractivity contribution < 1.29 is 8.42 Å². The Hall–Kier alpha value is -1.92. The molecule has 3 rings (SSSR count). The average Bonchev–Trinajstić information content (AvgIpc) is 2.54. The van der Waals surface area contributed by atoms with Crippen LogP contribution in [0.1, 0.15) is 29.7 Å². The SMILES string of the molecule is Cc1ccc(S(=O)(=O)NC2CCN(c3cccc(C)n3)CC2)c(C)c1. The van der Waals surface area contributed by atoms with Gasteiger partial charge in [0.25, 0.3) is 0 Å². The van der Waals surface area contributed by atoms with Crippen LogP contribution < -0.4 is 9.62 Å². The lowest BCUT2D eigenvalue weighted by Crippen LogP contribution is -2.45. The van der Waals surface area contributed by atoms with E-state index in [9.17, 15) is 8.42 Å². The van der Waals surface area contributed by atoms with Crippen molar-refractivity contribution in [3.8, 4) is 0 Å². The molecule has 0 radical (unpaired) electrons. The Morgan fingerprint density at radius 3 is 2.44 bits per heavy atom. The van der Waals surface area contributed by atoms with Gasteiger partial charge in [0.05, 0.1) is 4.90 Å². The molecule has 1 aliphatic heterocycles. The summed E-state index contributed by atoms with van der Waals surface area (Å²) in [6.07, 6.45) is 1.56. The lowest BCUT2D eigenvalue weighted by atomic mass is 10.1. The molecule has 1 N–H and O–H groups in total. The van der Waals surface area contributed by atoms with E-state index >= 15 is 0 Å². The summed E-state index contributed by atoms with van der Waals surface area (Å²) in [5.41, 5.74) is 2.85. The number of benzene rings is 1. The van der Waals surface area contributed by atoms with E-state index in [1.54, 1.807) is 6.07 Å². The molecule has 1 aromatic heterocycles. The van der Waals surface area contributed by atoms with Gasteiger partial charge in [-0.2, -0.15) is 0 Å². The number of rotatable bonds is 4. The highest BCUT2D eigenvalue weighted by molar-refractivity contribution is 7.89. The zero-order chi connectivity index (χ0) is 18.0. The lowest BCUT2D eigenvalue weighted by Gasteiger charge is -2.33. The summed E-state index contributed by atoms with van der Waals surface area (Å²) < 4.78 is 28.3. The van der Waals surface area contributed by atoms with Gasteiger partial charge in [0.2, 0.25) is 10.0 Å². The van der Waals surface area contributed by atoms with Gasteiger partial charge in [0.1, 0.15) is 5.82 Å². The third kappa shape index (κ3) is 4.19. The predicted octanol–water partition coefficient (Wildman–Crippen LogP) is 2.95. The van der Waals surface area contributed by atoms with Crippen LogP contribution in [-0.4, -0.2) is 32.5 Å². The standard InChI is InChI=1S/C19H25N3O2S/c1-14-7-8-18(15(2)13-14)25(23,24)21-17-9-11-22(12-10-17)19-6-4-5-16(3)20-19/h4-8,13,17,21H,9-12H2,1-3H3. The number of piperidine rings is 1. The summed E-state index contributed by atoms with van der Waals surface area (Å²) in [4.78, 5) is 7.14. The molecule has 134 valence electrons. The van der Waals surface area contributed by atoms with E-state index in [0.717, 1.165) is 48.6 Å². The fourth-order valence-electron chi connectivity index (χ4n) is 3.31. The molecule has 25 heavy (non-hydrogen) atoms. The van der Waals surface area contributed by atoms with Crippen LogP contribution in [0.4, 0.5) is 5.82 Å². The van der Waals surface area contributed by atoms with Crippen molar-refractivity contribution in [2.75, 3.05) is 18.0 Å². The molecule has 6 heteroatoms. The first-order chi connectivity index (χ1) is 11.8. The predicted molar refractivity (Wildman–Crippen MR) is 100 cm³/mol. The molecule has 1 aromatic carbocycles. The number of anilines is 1. The van der Waals surface area contributed by atoms with E-state index in [-0.39, 0.29) is 6.04 Å². The minimum Gasteiger partial charge on any atom is -0.356 e. The fourth-order valence-corrected chi connectivity index (χ4v) is 4.85. The van der Waals surface area contributed by atoms with Crippen molar-refractivity contribution in [2.45, 2.75) is 44.6 Å². The van der Waals surface area contributed by atoms with Crippen LogP contribution in [0.3, 0.4) is 0 Å². The molecule has 1 saturated heterocycles. The average molecular weight is 359 g/mol. The number of hydrogen-bond acceptors (Lipinski definition) is 4. The highest BCUT2D eigenvalue weighted by atomic mass is 32.2. The molecule has 0 spiro atoms. The summed E-state index contributed by atoms with van der Waals surface area (Å²) in [5.74, 6) is 0.968. The molecule has 0 bridgehead atoms. The first-order valence-electron chi connectivity index (χ1n) is 8.63. The molecule has 0 amide bonds. The second-order valence-corrected chi connectivity index (χ2v) is 8.47. The third-order valence-corrected chi connectivity index (χ3v) is 6.32. The largest absolute Gasteiger partial charge is 0.356 e. The van der Waals surface area contributed by atoms with Crippen molar-refractivity contribution in [1.29, 1.82) is 0 Å². The summed E-state index contributed by atoms with van der Waals surface area (Å²) >= 11 is 0. The third-order valence-electron chi connectivity index (χ3n) is 4.63. The van der Waals surface area contributed by atoms with Crippen molar-refractivity contribution in [3.63, 3.8) is 0 Å². The fraction of sp³-hybridized carbons (Fsp3) is 0.421. The van der Waals surface area contributed by atoms with Gasteiger partial charge in [-0.15, -0.1) is 0 Å². The Bertz CT molecular complexity index is 857. The van der Waals surface area contributed by atoms with Crippen molar-refractivity contribution in [3.05, 3.63) is 53.2 Å². The van der Waals surface area contributed by atoms with Gasteiger partial charge in [0.15, 0.2) is 0 Å². The minimum atomic E-state index is -3.48. The number of nitrogens with zero attached hydrogens (tertiary/aromatic N) is 2. The summed E-state index contributed by atoms with van der Waals surface area (Å²) in [6.45, 7) is 7.39. The summed E-state index contributed by atoms with van der Waals surface area (Å²) in [6, 6.07) is 11.4. The topological polar surface area (TPSA) is 62.3 Å². The normalized spacial score (nSPS) is 16.2. The molecular weight excluding hydrogens is 334 g/mol. The van der Waals surface area contributed by atoms with Gasteiger partial charge in [-0.3, -0.25) is 0 Å². The Kier molecular flexibility index (Phi) is 5.11. The van der Waals surface area contributed by atoms with Gasteiger partial charge in [-0.05, 0) is 57.4 Å². The molecule has 1 fully saturated rings. The number of sulfonamides is 1. The smallest absolute Gasteiger partial charge is 0.241 e.